The van der Waals surface area contributed by atoms with Crippen LogP contribution >= 0.6 is 11.3 Å². The van der Waals surface area contributed by atoms with Gasteiger partial charge in [-0.15, -0.1) is 11.3 Å². The first-order valence-corrected chi connectivity index (χ1v) is 8.67. The fourth-order valence-corrected chi connectivity index (χ4v) is 3.73. The van der Waals surface area contributed by atoms with Crippen molar-refractivity contribution in [2.24, 2.45) is 0 Å². The number of sulfonamides is 1. The highest BCUT2D eigenvalue weighted by Gasteiger charge is 2.22. The minimum absolute atomic E-state index is 0.0541. The number of aliphatic hydroxyl groups excluding tert-OH is 1. The molecule has 1 N–H and O–H groups in total. The smallest absolute Gasteiger partial charge is 0.218 e. The normalized spacial score (nSPS) is 13.6. The van der Waals surface area contributed by atoms with Crippen LogP contribution in [0, 0.1) is 0 Å². The molecule has 0 bridgehead atoms. The minimum atomic E-state index is -3.42. The number of aliphatic hydroxyl groups is 1. The third kappa shape index (κ3) is 3.89. The second-order valence-electron chi connectivity index (χ2n) is 4.55. The van der Waals surface area contributed by atoms with Crippen LogP contribution in [0.5, 0.6) is 0 Å². The predicted molar refractivity (Wildman–Crippen MR) is 81.0 cm³/mol. The van der Waals surface area contributed by atoms with Crippen molar-refractivity contribution in [2.75, 3.05) is 13.6 Å². The second-order valence-corrected chi connectivity index (χ2v) is 7.61. The summed E-state index contributed by atoms with van der Waals surface area (Å²) >= 11 is 1.42. The van der Waals surface area contributed by atoms with Gasteiger partial charge in [0.15, 0.2) is 0 Å². The molecule has 4 nitrogen and oxygen atoms in total. The molecule has 6 heteroatoms. The topological polar surface area (TPSA) is 57.6 Å². The number of hydrogen-bond acceptors (Lipinski definition) is 4. The van der Waals surface area contributed by atoms with Crippen LogP contribution in [-0.4, -0.2) is 31.4 Å². The molecule has 0 saturated heterocycles. The van der Waals surface area contributed by atoms with Gasteiger partial charge in [0, 0.05) is 18.5 Å². The second kappa shape index (κ2) is 6.49. The molecule has 0 fully saturated rings. The van der Waals surface area contributed by atoms with Crippen molar-refractivity contribution >= 4 is 21.4 Å². The Morgan fingerprint density at radius 1 is 1.20 bits per heavy atom. The van der Waals surface area contributed by atoms with Gasteiger partial charge in [-0.2, -0.15) is 0 Å². The molecule has 108 valence electrons. The molecule has 1 aromatic heterocycles. The van der Waals surface area contributed by atoms with E-state index < -0.39 is 16.1 Å². The van der Waals surface area contributed by atoms with E-state index in [-0.39, 0.29) is 12.3 Å². The SMILES string of the molecule is CN(CC(O)c1cccs1)S(=O)(=O)Cc1ccccc1. The van der Waals surface area contributed by atoms with E-state index in [1.165, 1.54) is 22.7 Å². The van der Waals surface area contributed by atoms with Crippen LogP contribution in [0.25, 0.3) is 0 Å². The van der Waals surface area contributed by atoms with Gasteiger partial charge >= 0.3 is 0 Å². The molecule has 0 aliphatic rings. The standard InChI is InChI=1S/C14H17NO3S2/c1-15(10-13(16)14-8-5-9-19-14)20(17,18)11-12-6-3-2-4-7-12/h2-9,13,16H,10-11H2,1H3. The molecule has 2 rings (SSSR count). The summed E-state index contributed by atoms with van der Waals surface area (Å²) in [6.07, 6.45) is -0.787. The fourth-order valence-electron chi connectivity index (χ4n) is 1.82. The van der Waals surface area contributed by atoms with Crippen molar-refractivity contribution in [3.63, 3.8) is 0 Å². The third-order valence-corrected chi connectivity index (χ3v) is 5.74. The van der Waals surface area contributed by atoms with E-state index in [9.17, 15) is 13.5 Å². The van der Waals surface area contributed by atoms with Crippen LogP contribution < -0.4 is 0 Å². The highest BCUT2D eigenvalue weighted by atomic mass is 32.2. The highest BCUT2D eigenvalue weighted by molar-refractivity contribution is 7.88. The third-order valence-electron chi connectivity index (χ3n) is 2.97. The number of benzene rings is 1. The van der Waals surface area contributed by atoms with Crippen LogP contribution in [0.3, 0.4) is 0 Å². The van der Waals surface area contributed by atoms with Crippen molar-refractivity contribution in [1.82, 2.24) is 4.31 Å². The maximum Gasteiger partial charge on any atom is 0.218 e. The first-order valence-electron chi connectivity index (χ1n) is 6.18. The van der Waals surface area contributed by atoms with Gasteiger partial charge in [0.1, 0.15) is 6.10 Å². The highest BCUT2D eigenvalue weighted by Crippen LogP contribution is 2.21. The molecular formula is C14H17NO3S2. The van der Waals surface area contributed by atoms with Gasteiger partial charge in [0.05, 0.1) is 5.75 Å². The predicted octanol–water partition coefficient (Wildman–Crippen LogP) is 2.24. The number of rotatable bonds is 6. The molecule has 1 atom stereocenters. The molecule has 0 aliphatic carbocycles. The zero-order chi connectivity index (χ0) is 14.6. The van der Waals surface area contributed by atoms with Gasteiger partial charge in [0.25, 0.3) is 0 Å². The van der Waals surface area contributed by atoms with E-state index in [0.29, 0.717) is 0 Å². The molecule has 0 amide bonds. The minimum Gasteiger partial charge on any atom is -0.386 e. The summed E-state index contributed by atoms with van der Waals surface area (Å²) in [5, 5.41) is 11.9. The lowest BCUT2D eigenvalue weighted by Crippen LogP contribution is -2.32. The van der Waals surface area contributed by atoms with Gasteiger partial charge in [-0.05, 0) is 17.0 Å². The van der Waals surface area contributed by atoms with Crippen molar-refractivity contribution in [2.45, 2.75) is 11.9 Å². The molecule has 0 spiro atoms. The molecule has 0 radical (unpaired) electrons. The summed E-state index contributed by atoms with van der Waals surface area (Å²) in [5.41, 5.74) is 0.741. The molecule has 1 heterocycles. The zero-order valence-electron chi connectivity index (χ0n) is 11.1. The van der Waals surface area contributed by atoms with Crippen molar-refractivity contribution < 1.29 is 13.5 Å². The van der Waals surface area contributed by atoms with Gasteiger partial charge in [-0.1, -0.05) is 36.4 Å². The Kier molecular flexibility index (Phi) is 4.93. The first-order chi connectivity index (χ1) is 9.49. The number of likely N-dealkylation sites (N-methyl/N-ethyl adjacent to an activating group) is 1. The van der Waals surface area contributed by atoms with E-state index in [2.05, 4.69) is 0 Å². The van der Waals surface area contributed by atoms with Gasteiger partial charge in [-0.3, -0.25) is 0 Å². The first kappa shape index (κ1) is 15.2. The van der Waals surface area contributed by atoms with E-state index in [0.717, 1.165) is 10.4 Å². The quantitative estimate of drug-likeness (QED) is 0.890. The average molecular weight is 311 g/mol. The summed E-state index contributed by atoms with van der Waals surface area (Å²) in [6.45, 7) is 0.0652. The lowest BCUT2D eigenvalue weighted by molar-refractivity contribution is 0.158. The van der Waals surface area contributed by atoms with E-state index in [1.807, 2.05) is 29.6 Å². The molecule has 0 aliphatic heterocycles. The number of hydrogen-bond donors (Lipinski definition) is 1. The number of thiophene rings is 1. The number of nitrogens with zero attached hydrogens (tertiary/aromatic N) is 1. The van der Waals surface area contributed by atoms with Crippen LogP contribution in [0.1, 0.15) is 16.5 Å². The summed E-state index contributed by atoms with van der Waals surface area (Å²) in [6, 6.07) is 12.7. The molecule has 1 aromatic carbocycles. The van der Waals surface area contributed by atoms with E-state index in [4.69, 9.17) is 0 Å². The van der Waals surface area contributed by atoms with E-state index >= 15 is 0 Å². The van der Waals surface area contributed by atoms with Crippen molar-refractivity contribution in [3.8, 4) is 0 Å². The van der Waals surface area contributed by atoms with E-state index in [1.54, 1.807) is 18.2 Å². The Bertz CT molecular complexity index is 624. The Balaban J connectivity index is 2.02. The maximum atomic E-state index is 12.2. The maximum absolute atomic E-state index is 12.2. The summed E-state index contributed by atoms with van der Waals surface area (Å²) in [7, 11) is -1.93. The molecular weight excluding hydrogens is 294 g/mol. The lowest BCUT2D eigenvalue weighted by Gasteiger charge is -2.20. The fraction of sp³-hybridized carbons (Fsp3) is 0.286. The average Bonchev–Trinajstić information content (AvgIpc) is 2.93. The van der Waals surface area contributed by atoms with Crippen LogP contribution in [0.4, 0.5) is 0 Å². The van der Waals surface area contributed by atoms with Crippen molar-refractivity contribution in [3.05, 3.63) is 58.3 Å². The molecule has 1 unspecified atom stereocenters. The van der Waals surface area contributed by atoms with Crippen molar-refractivity contribution in [1.29, 1.82) is 0 Å². The van der Waals surface area contributed by atoms with Gasteiger partial charge < -0.3 is 5.11 Å². The summed E-state index contributed by atoms with van der Waals surface area (Å²) in [4.78, 5) is 0.770. The van der Waals surface area contributed by atoms with Crippen LogP contribution in [0.15, 0.2) is 47.8 Å². The zero-order valence-corrected chi connectivity index (χ0v) is 12.8. The Morgan fingerprint density at radius 3 is 2.50 bits per heavy atom. The monoisotopic (exact) mass is 311 g/mol. The Labute approximate surface area is 123 Å². The molecule has 0 saturated carbocycles. The molecule has 2 aromatic rings. The Morgan fingerprint density at radius 2 is 1.90 bits per heavy atom. The molecule has 20 heavy (non-hydrogen) atoms. The summed E-state index contributed by atoms with van der Waals surface area (Å²) in [5.74, 6) is -0.0541. The van der Waals surface area contributed by atoms with Crippen LogP contribution in [0.2, 0.25) is 0 Å². The lowest BCUT2D eigenvalue weighted by atomic mass is 10.2. The largest absolute Gasteiger partial charge is 0.386 e. The van der Waals surface area contributed by atoms with Gasteiger partial charge in [0.2, 0.25) is 10.0 Å². The Hall–Kier alpha value is -1.21. The summed E-state index contributed by atoms with van der Waals surface area (Å²) < 4.78 is 25.7. The van der Waals surface area contributed by atoms with Gasteiger partial charge in [-0.25, -0.2) is 12.7 Å². The van der Waals surface area contributed by atoms with Crippen LogP contribution in [-0.2, 0) is 15.8 Å².